The summed E-state index contributed by atoms with van der Waals surface area (Å²) in [4.78, 5) is 51.0. The van der Waals surface area contributed by atoms with Crippen molar-refractivity contribution in [1.82, 2.24) is 34.6 Å². The number of likely N-dealkylation sites (N-methyl/N-ethyl adjacent to an activating group) is 1. The van der Waals surface area contributed by atoms with Gasteiger partial charge in [-0.15, -0.1) is 0 Å². The molecule has 3 fully saturated rings. The van der Waals surface area contributed by atoms with Crippen LogP contribution in [0, 0.1) is 0 Å². The predicted octanol–water partition coefficient (Wildman–Crippen LogP) is 6.94. The van der Waals surface area contributed by atoms with Gasteiger partial charge in [-0.05, 0) is 99.5 Å². The molecule has 16 nitrogen and oxygen atoms in total. The number of carbonyl (C=O) groups is 2. The molecule has 3 aliphatic rings. The fourth-order valence-electron chi connectivity index (χ4n) is 8.76. The van der Waals surface area contributed by atoms with Crippen LogP contribution in [0.5, 0.6) is 17.2 Å². The number of nitrogens with two attached hydrogens (primary N) is 1. The highest BCUT2D eigenvalue weighted by atomic mass is 16.6. The number of nitrogens with one attached hydrogen (secondary N) is 2. The average Bonchev–Trinajstić information content (AvgIpc) is 4.14. The molecule has 2 amide bonds. The number of fused-ring (bicyclic) bond motifs is 2. The molecule has 0 spiro atoms. The molecule has 1 unspecified atom stereocenters. The van der Waals surface area contributed by atoms with Gasteiger partial charge in [-0.25, -0.2) is 14.8 Å². The molecule has 9 rings (SSSR count). The van der Waals surface area contributed by atoms with Crippen LogP contribution in [0.2, 0.25) is 0 Å². The number of nitrogens with zero attached hydrogens (tertiary/aromatic N) is 6. The third-order valence-electron chi connectivity index (χ3n) is 12.3. The smallest absolute Gasteiger partial charge is 0.411 e. The van der Waals surface area contributed by atoms with Gasteiger partial charge < -0.3 is 54.1 Å². The Hall–Kier alpha value is -6.78. The van der Waals surface area contributed by atoms with Crippen LogP contribution in [-0.2, 0) is 9.47 Å². The summed E-state index contributed by atoms with van der Waals surface area (Å²) in [6.07, 6.45) is 1.85. The largest absolute Gasteiger partial charge is 0.494 e. The van der Waals surface area contributed by atoms with Crippen LogP contribution in [0.25, 0.3) is 44.8 Å². The summed E-state index contributed by atoms with van der Waals surface area (Å²) in [5, 5.41) is 0. The van der Waals surface area contributed by atoms with Crippen molar-refractivity contribution in [3.63, 3.8) is 0 Å². The number of hydrogen-bond acceptors (Lipinski definition) is 12. The third-order valence-corrected chi connectivity index (χ3v) is 12.3. The van der Waals surface area contributed by atoms with Crippen molar-refractivity contribution in [1.29, 1.82) is 0 Å². The van der Waals surface area contributed by atoms with Gasteiger partial charge in [-0.2, -0.15) is 0 Å². The minimum atomic E-state index is -0.644. The number of benzene rings is 4. The van der Waals surface area contributed by atoms with E-state index in [9.17, 15) is 9.59 Å². The topological polar surface area (TPSA) is 177 Å². The first-order chi connectivity index (χ1) is 31.1. The molecule has 2 aromatic heterocycles. The molecule has 0 radical (unpaired) electrons. The van der Waals surface area contributed by atoms with E-state index in [1.807, 2.05) is 30.3 Å². The van der Waals surface area contributed by atoms with E-state index in [1.54, 1.807) is 17.0 Å². The van der Waals surface area contributed by atoms with Crippen molar-refractivity contribution >= 4 is 45.4 Å². The van der Waals surface area contributed by atoms with Gasteiger partial charge in [-0.1, -0.05) is 12.2 Å². The number of likely N-dealkylation sites (tertiary alicyclic amines) is 1. The molecule has 2 atom stereocenters. The highest BCUT2D eigenvalue weighted by Crippen LogP contribution is 2.37. The van der Waals surface area contributed by atoms with Crippen LogP contribution >= 0.6 is 0 Å². The highest BCUT2D eigenvalue weighted by Gasteiger charge is 2.45. The number of imidazole rings is 2. The van der Waals surface area contributed by atoms with Gasteiger partial charge in [0.2, 0.25) is 0 Å². The number of methoxy groups -OCH3 is 2. The first-order valence-electron chi connectivity index (χ1n) is 21.9. The van der Waals surface area contributed by atoms with Crippen LogP contribution in [-0.4, -0.2) is 139 Å². The second-order valence-corrected chi connectivity index (χ2v) is 16.6. The number of rotatable bonds is 14. The van der Waals surface area contributed by atoms with Crippen molar-refractivity contribution in [3.05, 3.63) is 90.5 Å². The van der Waals surface area contributed by atoms with Crippen molar-refractivity contribution in [2.75, 3.05) is 91.0 Å². The molecule has 16 heteroatoms. The van der Waals surface area contributed by atoms with Crippen molar-refractivity contribution in [2.24, 2.45) is 0 Å². The summed E-state index contributed by atoms with van der Waals surface area (Å²) in [7, 11) is 5.02. The normalized spacial score (nSPS) is 18.0. The number of aromatic amines is 2. The fraction of sp³-hybridized carbons (Fsp3) is 0.375. The molecule has 4 aromatic carbocycles. The Morgan fingerprint density at radius 2 is 1.53 bits per heavy atom. The van der Waals surface area contributed by atoms with Gasteiger partial charge in [0, 0.05) is 61.3 Å². The zero-order valence-electron chi connectivity index (χ0n) is 36.6. The molecule has 0 bridgehead atoms. The number of hydrogen-bond donors (Lipinski definition) is 3. The minimum absolute atomic E-state index is 0.261. The highest BCUT2D eigenvalue weighted by molar-refractivity contribution is 6.00. The molecule has 5 heterocycles. The Bertz CT molecular complexity index is 2650. The van der Waals surface area contributed by atoms with E-state index in [0.717, 1.165) is 102 Å². The standard InChI is InChI=1S/C48H55N9O7/c1-30-24-41(47-56(20-23-64-47)48(59)61-4)57(29-30)46(58)35-27-42(60-3)43(28-36(35)49)63-22-7-5-6-21-62-34-12-8-31(9-13-34)44-50-37-14-10-32(25-39(37)52-44)45-51-38-15-11-33(26-40(38)53-45)55-18-16-54(2)17-19-55/h8-15,25-28,41,47H,1,5-7,16-24,29,49H2,2-4H3,(H,50,52)(H,51,53)/t41-,47?/m0/s1. The molecule has 334 valence electrons. The summed E-state index contributed by atoms with van der Waals surface area (Å²) in [6.45, 7) is 10.3. The number of amides is 2. The summed E-state index contributed by atoms with van der Waals surface area (Å²) in [5.41, 5.74) is 14.8. The Morgan fingerprint density at radius 3 is 2.31 bits per heavy atom. The van der Waals surface area contributed by atoms with Crippen LogP contribution in [0.3, 0.4) is 0 Å². The lowest BCUT2D eigenvalue weighted by molar-refractivity contribution is -0.0179. The minimum Gasteiger partial charge on any atom is -0.494 e. The first kappa shape index (κ1) is 42.5. The van der Waals surface area contributed by atoms with Crippen molar-refractivity contribution in [3.8, 4) is 40.0 Å². The molecule has 64 heavy (non-hydrogen) atoms. The first-order valence-corrected chi connectivity index (χ1v) is 21.9. The van der Waals surface area contributed by atoms with Gasteiger partial charge in [0.1, 0.15) is 17.4 Å². The SMILES string of the molecule is C=C1C[C@@H](C2OCCN2C(=O)OC)N(C(=O)c2cc(OC)c(OCCCCCOc3ccc(-c4nc5ccc(-c6nc7cc(N8CCN(C)CC8)ccc7[nH]6)cc5[nH]4)cc3)cc2N)C1. The maximum absolute atomic E-state index is 13.9. The number of H-pyrrole nitrogens is 2. The van der Waals surface area contributed by atoms with E-state index in [4.69, 9.17) is 39.4 Å². The van der Waals surface area contributed by atoms with E-state index >= 15 is 0 Å². The van der Waals surface area contributed by atoms with Crippen molar-refractivity contribution < 1.29 is 33.3 Å². The number of carbonyl (C=O) groups excluding carboxylic acids is 2. The molecule has 6 aromatic rings. The molecule has 0 aliphatic carbocycles. The quantitative estimate of drug-likeness (QED) is 0.0585. The van der Waals surface area contributed by atoms with E-state index in [2.05, 4.69) is 63.7 Å². The summed E-state index contributed by atoms with van der Waals surface area (Å²) in [6, 6.07) is 23.4. The van der Waals surface area contributed by atoms with Crippen LogP contribution in [0.15, 0.2) is 84.9 Å². The second kappa shape index (κ2) is 18.5. The van der Waals surface area contributed by atoms with Gasteiger partial charge in [-0.3, -0.25) is 9.69 Å². The van der Waals surface area contributed by atoms with E-state index in [-0.39, 0.29) is 17.2 Å². The second-order valence-electron chi connectivity index (χ2n) is 16.6. The van der Waals surface area contributed by atoms with Crippen LogP contribution in [0.4, 0.5) is 16.2 Å². The van der Waals surface area contributed by atoms with E-state index in [1.165, 1.54) is 24.8 Å². The lowest BCUT2D eigenvalue weighted by atomic mass is 10.1. The lowest BCUT2D eigenvalue weighted by Crippen LogP contribution is -2.50. The average molecular weight is 870 g/mol. The van der Waals surface area contributed by atoms with Gasteiger partial charge in [0.15, 0.2) is 17.7 Å². The van der Waals surface area contributed by atoms with Gasteiger partial charge in [0.05, 0.1) is 74.3 Å². The number of piperazine rings is 1. The number of nitrogen functional groups attached to an aromatic ring is 1. The van der Waals surface area contributed by atoms with Crippen LogP contribution < -0.4 is 24.8 Å². The Labute approximate surface area is 371 Å². The fourth-order valence-corrected chi connectivity index (χ4v) is 8.76. The molecule has 3 aliphatic heterocycles. The zero-order chi connectivity index (χ0) is 44.3. The summed E-state index contributed by atoms with van der Waals surface area (Å²) >= 11 is 0. The third kappa shape index (κ3) is 8.88. The predicted molar refractivity (Wildman–Crippen MR) is 246 cm³/mol. The van der Waals surface area contributed by atoms with E-state index in [0.29, 0.717) is 50.8 Å². The Kier molecular flexibility index (Phi) is 12.3. The van der Waals surface area contributed by atoms with Gasteiger partial charge in [0.25, 0.3) is 5.91 Å². The Morgan fingerprint density at radius 1 is 0.797 bits per heavy atom. The maximum Gasteiger partial charge on any atom is 0.411 e. The molecular weight excluding hydrogens is 815 g/mol. The number of ether oxygens (including phenoxy) is 5. The number of unbranched alkanes of at least 4 members (excludes halogenated alkanes) is 2. The van der Waals surface area contributed by atoms with Gasteiger partial charge >= 0.3 is 6.09 Å². The summed E-state index contributed by atoms with van der Waals surface area (Å²) < 4.78 is 28.6. The van der Waals surface area contributed by atoms with E-state index < -0.39 is 18.4 Å². The number of anilines is 2. The van der Waals surface area contributed by atoms with Crippen LogP contribution in [0.1, 0.15) is 36.0 Å². The maximum atomic E-state index is 13.9. The molecular formula is C48H55N9O7. The van der Waals surface area contributed by atoms with Crippen molar-refractivity contribution in [2.45, 2.75) is 38.0 Å². The zero-order valence-corrected chi connectivity index (χ0v) is 36.6. The Balaban J connectivity index is 0.742. The molecule has 0 saturated carbocycles. The molecule has 4 N–H and O–H groups in total. The monoisotopic (exact) mass is 869 g/mol. The number of aromatic nitrogens is 4. The lowest BCUT2D eigenvalue weighted by Gasteiger charge is -2.34. The molecule has 3 saturated heterocycles. The summed E-state index contributed by atoms with van der Waals surface area (Å²) in [5.74, 6) is 2.95.